The molecule has 1 atom stereocenters. The largest absolute Gasteiger partial charge is 0.508 e. The molecule has 1 fully saturated rings. The number of nitrogens with zero attached hydrogens (tertiary/aromatic N) is 1. The van der Waals surface area contributed by atoms with E-state index >= 15 is 0 Å². The summed E-state index contributed by atoms with van der Waals surface area (Å²) < 4.78 is 0. The Morgan fingerprint density at radius 2 is 2.12 bits per heavy atom. The first-order chi connectivity index (χ1) is 8.24. The zero-order valence-corrected chi connectivity index (χ0v) is 9.63. The minimum absolute atomic E-state index is 0.266. The molecule has 0 aromatic heterocycles. The van der Waals surface area contributed by atoms with Gasteiger partial charge in [0.25, 0.3) is 0 Å². The molecule has 0 amide bonds. The van der Waals surface area contributed by atoms with Gasteiger partial charge in [-0.1, -0.05) is 18.2 Å². The lowest BCUT2D eigenvalue weighted by Crippen LogP contribution is -2.26. The van der Waals surface area contributed by atoms with Crippen molar-refractivity contribution < 1.29 is 5.11 Å². The molecule has 0 bridgehead atoms. The van der Waals surface area contributed by atoms with Crippen LogP contribution >= 0.6 is 0 Å². The third-order valence-electron chi connectivity index (χ3n) is 3.41. The van der Waals surface area contributed by atoms with Gasteiger partial charge in [0, 0.05) is 30.2 Å². The molecular weight excluding hydrogens is 212 g/mol. The monoisotopic (exact) mass is 228 g/mol. The summed E-state index contributed by atoms with van der Waals surface area (Å²) in [6.07, 6.45) is 1.04. The highest BCUT2D eigenvalue weighted by Crippen LogP contribution is 2.31. The van der Waals surface area contributed by atoms with Crippen LogP contribution in [0.3, 0.4) is 0 Å². The maximum Gasteiger partial charge on any atom is 0.116 e. The van der Waals surface area contributed by atoms with Crippen LogP contribution in [-0.2, 0) is 0 Å². The van der Waals surface area contributed by atoms with Crippen LogP contribution in [0.1, 0.15) is 6.42 Å². The van der Waals surface area contributed by atoms with Crippen molar-refractivity contribution >= 4 is 16.5 Å². The maximum atomic E-state index is 9.61. The number of benzene rings is 2. The minimum atomic E-state index is 0.266. The molecule has 2 aromatic rings. The van der Waals surface area contributed by atoms with Crippen molar-refractivity contribution in [3.8, 4) is 5.75 Å². The van der Waals surface area contributed by atoms with Gasteiger partial charge in [-0.15, -0.1) is 0 Å². The highest BCUT2D eigenvalue weighted by molar-refractivity contribution is 5.95. The zero-order valence-electron chi connectivity index (χ0n) is 9.63. The standard InChI is InChI=1S/C14H16N2O/c15-11-6-7-16(9-11)14-3-1-2-10-4-5-12(17)8-13(10)14/h1-5,8,11,17H,6-7,9,15H2/t11-/m1/s1. The molecule has 1 aliphatic heterocycles. The molecule has 0 spiro atoms. The van der Waals surface area contributed by atoms with Gasteiger partial charge in [-0.3, -0.25) is 0 Å². The van der Waals surface area contributed by atoms with Gasteiger partial charge in [-0.2, -0.15) is 0 Å². The van der Waals surface area contributed by atoms with Gasteiger partial charge in [0.05, 0.1) is 0 Å². The Hall–Kier alpha value is -1.74. The number of anilines is 1. The molecule has 0 aliphatic carbocycles. The van der Waals surface area contributed by atoms with Gasteiger partial charge < -0.3 is 15.7 Å². The topological polar surface area (TPSA) is 49.5 Å². The second-order valence-corrected chi connectivity index (χ2v) is 4.68. The SMILES string of the molecule is N[C@@H]1CCN(c2cccc3ccc(O)cc23)C1. The molecule has 1 heterocycles. The Balaban J connectivity index is 2.12. The smallest absolute Gasteiger partial charge is 0.116 e. The summed E-state index contributed by atoms with van der Waals surface area (Å²) in [5.74, 6) is 0.313. The maximum absolute atomic E-state index is 9.61. The van der Waals surface area contributed by atoms with Gasteiger partial charge in [0.15, 0.2) is 0 Å². The van der Waals surface area contributed by atoms with E-state index in [9.17, 15) is 5.11 Å². The first-order valence-corrected chi connectivity index (χ1v) is 5.96. The van der Waals surface area contributed by atoms with Gasteiger partial charge in [0.1, 0.15) is 5.75 Å². The third kappa shape index (κ3) is 1.83. The summed E-state index contributed by atoms with van der Waals surface area (Å²) in [5, 5.41) is 11.9. The number of aromatic hydroxyl groups is 1. The number of rotatable bonds is 1. The van der Waals surface area contributed by atoms with Crippen molar-refractivity contribution in [3.63, 3.8) is 0 Å². The van der Waals surface area contributed by atoms with Crippen LogP contribution in [0.15, 0.2) is 36.4 Å². The van der Waals surface area contributed by atoms with E-state index in [1.807, 2.05) is 12.1 Å². The molecule has 2 aromatic carbocycles. The summed E-state index contributed by atoms with van der Waals surface area (Å²) in [6.45, 7) is 1.89. The Morgan fingerprint density at radius 1 is 1.24 bits per heavy atom. The second-order valence-electron chi connectivity index (χ2n) is 4.68. The van der Waals surface area contributed by atoms with Gasteiger partial charge >= 0.3 is 0 Å². The van der Waals surface area contributed by atoms with E-state index in [2.05, 4.69) is 23.1 Å². The Bertz CT molecular complexity index is 553. The molecule has 1 aliphatic rings. The molecule has 3 heteroatoms. The van der Waals surface area contributed by atoms with Crippen LogP contribution in [0, 0.1) is 0 Å². The summed E-state index contributed by atoms with van der Waals surface area (Å²) in [6, 6.07) is 12.0. The van der Waals surface area contributed by atoms with E-state index < -0.39 is 0 Å². The minimum Gasteiger partial charge on any atom is -0.508 e. The average Bonchev–Trinajstić information content (AvgIpc) is 2.75. The predicted octanol–water partition coefficient (Wildman–Crippen LogP) is 2.08. The van der Waals surface area contributed by atoms with E-state index in [-0.39, 0.29) is 6.04 Å². The average molecular weight is 228 g/mol. The van der Waals surface area contributed by atoms with E-state index in [0.29, 0.717) is 5.75 Å². The van der Waals surface area contributed by atoms with Crippen molar-refractivity contribution in [2.45, 2.75) is 12.5 Å². The van der Waals surface area contributed by atoms with E-state index in [1.54, 1.807) is 6.07 Å². The van der Waals surface area contributed by atoms with E-state index in [1.165, 1.54) is 5.69 Å². The van der Waals surface area contributed by atoms with Crippen LogP contribution in [0.25, 0.3) is 10.8 Å². The van der Waals surface area contributed by atoms with Gasteiger partial charge in [-0.05, 0) is 30.0 Å². The molecule has 3 nitrogen and oxygen atoms in total. The van der Waals surface area contributed by atoms with Crippen LogP contribution in [0.2, 0.25) is 0 Å². The van der Waals surface area contributed by atoms with Crippen molar-refractivity contribution in [1.29, 1.82) is 0 Å². The lowest BCUT2D eigenvalue weighted by Gasteiger charge is -2.20. The molecule has 0 saturated carbocycles. The number of phenolic OH excluding ortho intramolecular Hbond substituents is 1. The van der Waals surface area contributed by atoms with Gasteiger partial charge in [-0.25, -0.2) is 0 Å². The summed E-state index contributed by atoms with van der Waals surface area (Å²) in [5.41, 5.74) is 7.12. The Labute approximate surface area is 100 Å². The van der Waals surface area contributed by atoms with Crippen LogP contribution < -0.4 is 10.6 Å². The van der Waals surface area contributed by atoms with E-state index in [0.717, 1.165) is 30.3 Å². The third-order valence-corrected chi connectivity index (χ3v) is 3.41. The molecule has 17 heavy (non-hydrogen) atoms. The fourth-order valence-electron chi connectivity index (χ4n) is 2.53. The number of hydrogen-bond acceptors (Lipinski definition) is 3. The highest BCUT2D eigenvalue weighted by Gasteiger charge is 2.20. The number of phenols is 1. The Kier molecular flexibility index (Phi) is 2.41. The lowest BCUT2D eigenvalue weighted by molar-refractivity contribution is 0.476. The molecule has 88 valence electrons. The number of nitrogens with two attached hydrogens (primary N) is 1. The summed E-state index contributed by atoms with van der Waals surface area (Å²) >= 11 is 0. The molecule has 3 rings (SSSR count). The molecule has 1 saturated heterocycles. The molecule has 0 radical (unpaired) electrons. The van der Waals surface area contributed by atoms with E-state index in [4.69, 9.17) is 5.73 Å². The van der Waals surface area contributed by atoms with Crippen molar-refractivity contribution in [1.82, 2.24) is 0 Å². The zero-order chi connectivity index (χ0) is 11.8. The normalized spacial score (nSPS) is 20.1. The first kappa shape index (κ1) is 10.4. The van der Waals surface area contributed by atoms with Crippen LogP contribution in [0.4, 0.5) is 5.69 Å². The fraction of sp³-hybridized carbons (Fsp3) is 0.286. The number of hydrogen-bond donors (Lipinski definition) is 2. The van der Waals surface area contributed by atoms with Crippen LogP contribution in [0.5, 0.6) is 5.75 Å². The highest BCUT2D eigenvalue weighted by atomic mass is 16.3. The lowest BCUT2D eigenvalue weighted by atomic mass is 10.1. The van der Waals surface area contributed by atoms with Crippen molar-refractivity contribution in [2.24, 2.45) is 5.73 Å². The molecule has 3 N–H and O–H groups in total. The number of fused-ring (bicyclic) bond motifs is 1. The fourth-order valence-corrected chi connectivity index (χ4v) is 2.53. The van der Waals surface area contributed by atoms with Crippen molar-refractivity contribution in [3.05, 3.63) is 36.4 Å². The molecular formula is C14H16N2O. The second kappa shape index (κ2) is 3.93. The summed E-state index contributed by atoms with van der Waals surface area (Å²) in [7, 11) is 0. The summed E-state index contributed by atoms with van der Waals surface area (Å²) in [4.78, 5) is 2.30. The molecule has 0 unspecified atom stereocenters. The van der Waals surface area contributed by atoms with Crippen molar-refractivity contribution in [2.75, 3.05) is 18.0 Å². The quantitative estimate of drug-likeness (QED) is 0.785. The Morgan fingerprint density at radius 3 is 2.88 bits per heavy atom. The first-order valence-electron chi connectivity index (χ1n) is 5.96. The van der Waals surface area contributed by atoms with Gasteiger partial charge in [0.2, 0.25) is 0 Å². The van der Waals surface area contributed by atoms with Crippen LogP contribution in [-0.4, -0.2) is 24.2 Å². The predicted molar refractivity (Wildman–Crippen MR) is 70.4 cm³/mol.